The maximum Gasteiger partial charge on any atom is 0.0466 e. The molecule has 1 aliphatic rings. The summed E-state index contributed by atoms with van der Waals surface area (Å²) in [5.41, 5.74) is 2.73. The highest BCUT2D eigenvalue weighted by Crippen LogP contribution is 2.17. The molecular weight excluding hydrogens is 358 g/mol. The summed E-state index contributed by atoms with van der Waals surface area (Å²) in [5, 5.41) is 3.57. The highest BCUT2D eigenvalue weighted by Gasteiger charge is 2.13. The molecule has 1 fully saturated rings. The van der Waals surface area contributed by atoms with E-state index in [1.165, 1.54) is 49.8 Å². The van der Waals surface area contributed by atoms with E-state index in [4.69, 9.17) is 4.74 Å². The van der Waals surface area contributed by atoms with E-state index < -0.39 is 0 Å². The normalized spacial score (nSPS) is 16.3. The number of unbranched alkanes of at least 4 members (excludes halogenated alkanes) is 2. The van der Waals surface area contributed by atoms with E-state index in [0.29, 0.717) is 0 Å². The van der Waals surface area contributed by atoms with Crippen LogP contribution >= 0.6 is 0 Å². The van der Waals surface area contributed by atoms with Gasteiger partial charge in [-0.2, -0.15) is 0 Å². The van der Waals surface area contributed by atoms with Gasteiger partial charge in [0.1, 0.15) is 0 Å². The van der Waals surface area contributed by atoms with Gasteiger partial charge in [-0.05, 0) is 56.5 Å². The zero-order chi connectivity index (χ0) is 20.7. The molecule has 4 nitrogen and oxygen atoms in total. The lowest BCUT2D eigenvalue weighted by molar-refractivity contribution is 0.125. The van der Waals surface area contributed by atoms with Crippen molar-refractivity contribution in [1.82, 2.24) is 10.2 Å². The summed E-state index contributed by atoms with van der Waals surface area (Å²) in [6.45, 7) is 13.1. The molecule has 166 valence electrons. The lowest BCUT2D eigenvalue weighted by Crippen LogP contribution is -2.44. The largest absolute Gasteiger partial charge is 0.381 e. The summed E-state index contributed by atoms with van der Waals surface area (Å²) in [7, 11) is 2.20. The summed E-state index contributed by atoms with van der Waals surface area (Å²) in [4.78, 5) is 4.89. The van der Waals surface area contributed by atoms with Gasteiger partial charge in [-0.1, -0.05) is 51.7 Å². The first-order valence-electron chi connectivity index (χ1n) is 12.0. The van der Waals surface area contributed by atoms with Crippen LogP contribution in [0.15, 0.2) is 24.3 Å². The molecule has 1 unspecified atom stereocenters. The molecule has 1 heterocycles. The molecule has 0 aliphatic carbocycles. The van der Waals surface area contributed by atoms with Crippen LogP contribution in [0.3, 0.4) is 0 Å². The van der Waals surface area contributed by atoms with Crippen molar-refractivity contribution in [3.63, 3.8) is 0 Å². The SMILES string of the molecule is CCCC(C)CCCCOCCCCNCc1ccc(N2CCN(C)CC2)cc1. The smallest absolute Gasteiger partial charge is 0.0466 e. The first-order valence-corrected chi connectivity index (χ1v) is 12.0. The predicted octanol–water partition coefficient (Wildman–Crippen LogP) is 4.93. The maximum atomic E-state index is 5.78. The summed E-state index contributed by atoms with van der Waals surface area (Å²) in [6, 6.07) is 9.09. The summed E-state index contributed by atoms with van der Waals surface area (Å²) >= 11 is 0. The second-order valence-corrected chi connectivity index (χ2v) is 8.84. The molecule has 1 N–H and O–H groups in total. The van der Waals surface area contributed by atoms with Gasteiger partial charge in [0.15, 0.2) is 0 Å². The van der Waals surface area contributed by atoms with E-state index >= 15 is 0 Å². The Morgan fingerprint density at radius 1 is 0.931 bits per heavy atom. The number of likely N-dealkylation sites (N-methyl/N-ethyl adjacent to an activating group) is 1. The Morgan fingerprint density at radius 3 is 2.31 bits per heavy atom. The number of piperazine rings is 1. The molecule has 0 radical (unpaired) electrons. The Balaban J connectivity index is 1.43. The van der Waals surface area contributed by atoms with Crippen molar-refractivity contribution in [1.29, 1.82) is 0 Å². The van der Waals surface area contributed by atoms with Crippen molar-refractivity contribution in [3.05, 3.63) is 29.8 Å². The number of benzene rings is 1. The van der Waals surface area contributed by atoms with Gasteiger partial charge in [0, 0.05) is 51.6 Å². The molecule has 1 aliphatic heterocycles. The van der Waals surface area contributed by atoms with Crippen LogP contribution in [0.4, 0.5) is 5.69 Å². The fourth-order valence-electron chi connectivity index (χ4n) is 4.01. The van der Waals surface area contributed by atoms with Gasteiger partial charge < -0.3 is 19.9 Å². The number of nitrogens with zero attached hydrogens (tertiary/aromatic N) is 2. The maximum absolute atomic E-state index is 5.78. The molecule has 0 spiro atoms. The molecule has 0 bridgehead atoms. The van der Waals surface area contributed by atoms with Gasteiger partial charge in [0.05, 0.1) is 0 Å². The summed E-state index contributed by atoms with van der Waals surface area (Å²) in [6.07, 6.45) is 8.92. The lowest BCUT2D eigenvalue weighted by Gasteiger charge is -2.34. The number of ether oxygens (including phenoxy) is 1. The van der Waals surface area contributed by atoms with Crippen LogP contribution in [-0.2, 0) is 11.3 Å². The highest BCUT2D eigenvalue weighted by molar-refractivity contribution is 5.48. The van der Waals surface area contributed by atoms with Crippen LogP contribution in [-0.4, -0.2) is 57.9 Å². The molecule has 0 saturated carbocycles. The molecule has 0 aromatic heterocycles. The van der Waals surface area contributed by atoms with Crippen LogP contribution in [0.25, 0.3) is 0 Å². The van der Waals surface area contributed by atoms with E-state index in [1.807, 2.05) is 0 Å². The van der Waals surface area contributed by atoms with E-state index in [2.05, 4.69) is 60.3 Å². The van der Waals surface area contributed by atoms with Gasteiger partial charge in [-0.3, -0.25) is 0 Å². The summed E-state index contributed by atoms with van der Waals surface area (Å²) in [5.74, 6) is 0.883. The van der Waals surface area contributed by atoms with Gasteiger partial charge in [0.2, 0.25) is 0 Å². The van der Waals surface area contributed by atoms with Gasteiger partial charge in [0.25, 0.3) is 0 Å². The van der Waals surface area contributed by atoms with Gasteiger partial charge in [-0.15, -0.1) is 0 Å². The van der Waals surface area contributed by atoms with E-state index in [9.17, 15) is 0 Å². The summed E-state index contributed by atoms with van der Waals surface area (Å²) < 4.78 is 5.78. The van der Waals surface area contributed by atoms with Crippen molar-refractivity contribution in [2.45, 2.75) is 65.3 Å². The van der Waals surface area contributed by atoms with Crippen molar-refractivity contribution in [2.24, 2.45) is 5.92 Å². The van der Waals surface area contributed by atoms with Crippen molar-refractivity contribution in [2.75, 3.05) is 57.9 Å². The molecule has 2 rings (SSSR count). The molecule has 1 aromatic rings. The Hall–Kier alpha value is -1.10. The Morgan fingerprint density at radius 2 is 1.62 bits per heavy atom. The molecule has 29 heavy (non-hydrogen) atoms. The minimum absolute atomic E-state index is 0.883. The Kier molecular flexibility index (Phi) is 12.3. The van der Waals surface area contributed by atoms with Crippen LogP contribution in [0, 0.1) is 5.92 Å². The fourth-order valence-corrected chi connectivity index (χ4v) is 4.01. The molecular formula is C25H45N3O. The third kappa shape index (κ3) is 10.5. The second kappa shape index (κ2) is 14.8. The standard InChI is InChI=1S/C25H45N3O/c1-4-9-23(2)10-5-7-20-29-21-8-6-15-26-22-24-11-13-25(14-12-24)28-18-16-27(3)17-19-28/h11-14,23,26H,4-10,15-22H2,1-3H3. The fraction of sp³-hybridized carbons (Fsp3) is 0.760. The predicted molar refractivity (Wildman–Crippen MR) is 126 cm³/mol. The first-order chi connectivity index (χ1) is 14.2. The van der Waals surface area contributed by atoms with Crippen LogP contribution in [0.1, 0.15) is 64.4 Å². The van der Waals surface area contributed by atoms with E-state index in [0.717, 1.165) is 64.8 Å². The average molecular weight is 404 g/mol. The molecule has 1 saturated heterocycles. The number of anilines is 1. The van der Waals surface area contributed by atoms with Gasteiger partial charge >= 0.3 is 0 Å². The average Bonchev–Trinajstić information content (AvgIpc) is 2.73. The van der Waals surface area contributed by atoms with Crippen LogP contribution < -0.4 is 10.2 Å². The van der Waals surface area contributed by atoms with Crippen LogP contribution in [0.5, 0.6) is 0 Å². The zero-order valence-electron chi connectivity index (χ0n) is 19.3. The quantitative estimate of drug-likeness (QED) is 0.420. The van der Waals surface area contributed by atoms with Crippen molar-refractivity contribution in [3.8, 4) is 0 Å². The molecule has 0 amide bonds. The van der Waals surface area contributed by atoms with E-state index in [-0.39, 0.29) is 0 Å². The minimum Gasteiger partial charge on any atom is -0.381 e. The number of nitrogens with one attached hydrogen (secondary N) is 1. The van der Waals surface area contributed by atoms with E-state index in [1.54, 1.807) is 0 Å². The number of rotatable bonds is 15. The van der Waals surface area contributed by atoms with Gasteiger partial charge in [-0.25, -0.2) is 0 Å². The number of hydrogen-bond acceptors (Lipinski definition) is 4. The third-order valence-corrected chi connectivity index (χ3v) is 6.04. The van der Waals surface area contributed by atoms with Crippen molar-refractivity contribution < 1.29 is 4.74 Å². The molecule has 1 aromatic carbocycles. The molecule has 1 atom stereocenters. The second-order valence-electron chi connectivity index (χ2n) is 8.84. The minimum atomic E-state index is 0.883. The number of hydrogen-bond donors (Lipinski definition) is 1. The topological polar surface area (TPSA) is 27.7 Å². The highest BCUT2D eigenvalue weighted by atomic mass is 16.5. The van der Waals surface area contributed by atoms with Crippen molar-refractivity contribution >= 4 is 5.69 Å². The van der Waals surface area contributed by atoms with Crippen LogP contribution in [0.2, 0.25) is 0 Å². The monoisotopic (exact) mass is 403 g/mol. The lowest BCUT2D eigenvalue weighted by atomic mass is 9.99. The first kappa shape index (κ1) is 24.2. The zero-order valence-corrected chi connectivity index (χ0v) is 19.3. The Bertz CT molecular complexity index is 511. The molecule has 4 heteroatoms. The Labute approximate surface area is 180 Å². The third-order valence-electron chi connectivity index (χ3n) is 6.04.